The Morgan fingerprint density at radius 1 is 1.15 bits per heavy atom. The first-order valence-electron chi connectivity index (χ1n) is 12.6. The highest BCUT2D eigenvalue weighted by Crippen LogP contribution is 2.41. The zero-order chi connectivity index (χ0) is 29.4. The number of hydrogen-bond acceptors (Lipinski definition) is 6. The Labute approximate surface area is 229 Å². The highest BCUT2D eigenvalue weighted by atomic mass is 19.4. The third kappa shape index (κ3) is 5.43. The molecule has 1 saturated heterocycles. The van der Waals surface area contributed by atoms with E-state index in [9.17, 15) is 32.8 Å². The molecule has 2 aliphatic rings. The van der Waals surface area contributed by atoms with Gasteiger partial charge in [0.15, 0.2) is 5.78 Å². The number of nitriles is 1. The first-order valence-corrected chi connectivity index (χ1v) is 12.6. The molecule has 0 spiro atoms. The summed E-state index contributed by atoms with van der Waals surface area (Å²) in [5.41, 5.74) is 6.06. The van der Waals surface area contributed by atoms with Gasteiger partial charge < -0.3 is 9.80 Å². The number of carbonyl (C=O) groups excluding carboxylic acids is 3. The van der Waals surface area contributed by atoms with Crippen LogP contribution in [-0.2, 0) is 11.0 Å². The maximum Gasteiger partial charge on any atom is 0.416 e. The number of hydrogen-bond donors (Lipinski definition) is 2. The Kier molecular flexibility index (Phi) is 8.00. The minimum atomic E-state index is -4.63. The summed E-state index contributed by atoms with van der Waals surface area (Å²) in [5, 5.41) is 9.52. The van der Waals surface area contributed by atoms with Gasteiger partial charge in [0.1, 0.15) is 0 Å². The molecule has 2 aromatic carbocycles. The van der Waals surface area contributed by atoms with Gasteiger partial charge in [-0.25, -0.2) is 4.79 Å². The Morgan fingerprint density at radius 2 is 1.82 bits per heavy atom. The third-order valence-corrected chi connectivity index (χ3v) is 7.18. The van der Waals surface area contributed by atoms with Gasteiger partial charge in [-0.15, -0.1) is 0 Å². The van der Waals surface area contributed by atoms with Crippen LogP contribution in [0.5, 0.6) is 0 Å². The summed E-state index contributed by atoms with van der Waals surface area (Å²) in [7, 11) is 3.07. The van der Waals surface area contributed by atoms with E-state index in [4.69, 9.17) is 0 Å². The number of alkyl halides is 3. The van der Waals surface area contributed by atoms with Gasteiger partial charge in [-0.1, -0.05) is 12.1 Å². The van der Waals surface area contributed by atoms with E-state index in [1.165, 1.54) is 55.0 Å². The zero-order valence-corrected chi connectivity index (χ0v) is 22.5. The second-order valence-electron chi connectivity index (χ2n) is 9.96. The van der Waals surface area contributed by atoms with Crippen molar-refractivity contribution in [3.05, 3.63) is 76.0 Å². The number of hydrazine groups is 1. The van der Waals surface area contributed by atoms with Crippen molar-refractivity contribution in [2.45, 2.75) is 26.1 Å². The van der Waals surface area contributed by atoms with Crippen molar-refractivity contribution in [2.24, 2.45) is 5.92 Å². The Morgan fingerprint density at radius 3 is 2.42 bits per heavy atom. The number of nitrogens with zero attached hydrogens (tertiary/aromatic N) is 4. The zero-order valence-electron chi connectivity index (χ0n) is 22.5. The Bertz CT molecular complexity index is 1430. The van der Waals surface area contributed by atoms with Crippen LogP contribution in [0.25, 0.3) is 0 Å². The predicted molar refractivity (Wildman–Crippen MR) is 141 cm³/mol. The predicted octanol–water partition coefficient (Wildman–Crippen LogP) is 3.85. The van der Waals surface area contributed by atoms with E-state index in [0.29, 0.717) is 25.2 Å². The number of carbonyl (C=O) groups is 3. The van der Waals surface area contributed by atoms with Crippen LogP contribution in [0.3, 0.4) is 0 Å². The van der Waals surface area contributed by atoms with Crippen molar-refractivity contribution in [2.75, 3.05) is 38.6 Å². The second kappa shape index (κ2) is 11.1. The number of nitrogens with one attached hydrogen (secondary N) is 2. The summed E-state index contributed by atoms with van der Waals surface area (Å²) in [4.78, 5) is 44.2. The molecule has 1 unspecified atom stereocenters. The highest BCUT2D eigenvalue weighted by molar-refractivity contribution is 6.06. The number of urea groups is 1. The van der Waals surface area contributed by atoms with E-state index in [1.54, 1.807) is 13.1 Å². The lowest BCUT2D eigenvalue weighted by Crippen LogP contribution is -2.49. The van der Waals surface area contributed by atoms with Crippen LogP contribution in [0, 0.1) is 17.2 Å². The van der Waals surface area contributed by atoms with Crippen LogP contribution in [-0.4, -0.2) is 61.3 Å². The molecule has 2 aromatic rings. The number of halogens is 3. The summed E-state index contributed by atoms with van der Waals surface area (Å²) in [6, 6.07) is 9.13. The molecule has 0 saturated carbocycles. The summed E-state index contributed by atoms with van der Waals surface area (Å²) in [6.45, 7) is 4.56. The van der Waals surface area contributed by atoms with Gasteiger partial charge in [0, 0.05) is 56.5 Å². The lowest BCUT2D eigenvalue weighted by Gasteiger charge is -2.42. The first kappa shape index (κ1) is 28.8. The van der Waals surface area contributed by atoms with Crippen LogP contribution in [0.2, 0.25) is 0 Å². The molecule has 0 aliphatic carbocycles. The fourth-order valence-corrected chi connectivity index (χ4v) is 5.22. The summed E-state index contributed by atoms with van der Waals surface area (Å²) < 4.78 is 40.3. The van der Waals surface area contributed by atoms with Crippen molar-refractivity contribution in [3.63, 3.8) is 0 Å². The maximum atomic E-state index is 13.7. The molecular weight excluding hydrogens is 525 g/mol. The van der Waals surface area contributed by atoms with E-state index in [-0.39, 0.29) is 39.9 Å². The average molecular weight is 555 g/mol. The second-order valence-corrected chi connectivity index (χ2v) is 9.96. The number of allylic oxidation sites excluding steroid dienone is 1. The van der Waals surface area contributed by atoms with Crippen LogP contribution in [0.15, 0.2) is 53.7 Å². The van der Waals surface area contributed by atoms with E-state index in [0.717, 1.165) is 17.0 Å². The molecule has 0 bridgehead atoms. The molecule has 2 aliphatic heterocycles. The minimum absolute atomic E-state index is 0.0454. The largest absolute Gasteiger partial charge is 0.416 e. The number of ketones is 1. The normalized spacial score (nSPS) is 18.2. The van der Waals surface area contributed by atoms with E-state index < -0.39 is 29.6 Å². The number of Topliss-reactive ketones (excluding diaryl/α,β-unsaturated/α-hetero) is 1. The molecule has 3 amide bonds. The van der Waals surface area contributed by atoms with Crippen LogP contribution < -0.4 is 15.8 Å². The molecule has 0 aromatic heterocycles. The van der Waals surface area contributed by atoms with Gasteiger partial charge in [0.05, 0.1) is 28.9 Å². The molecule has 4 rings (SSSR count). The molecular formula is C28H29F3N6O3. The number of benzene rings is 2. The molecule has 12 heteroatoms. The fraction of sp³-hybridized carbons (Fsp3) is 0.357. The van der Waals surface area contributed by atoms with Gasteiger partial charge in [0.2, 0.25) is 0 Å². The number of anilines is 1. The topological polar surface area (TPSA) is 109 Å². The standard InChI is InChI=1S/C28H29F3N6O3/c1-16-24(17(2)38)25(36(4)27(40)37(16)21-7-5-6-20(11-21)28(29,30)31)22-9-8-18(12-32)10-23(22)26(39)35(3)15-19-13-33-34-14-19/h5-11,19,25,33-34H,13-15H2,1-4H3. The Hall–Kier alpha value is -4.21. The molecule has 40 heavy (non-hydrogen) atoms. The fourth-order valence-electron chi connectivity index (χ4n) is 5.22. The average Bonchev–Trinajstić information content (AvgIpc) is 3.42. The van der Waals surface area contributed by atoms with Crippen LogP contribution in [0.4, 0.5) is 23.7 Å². The summed E-state index contributed by atoms with van der Waals surface area (Å²) in [6.07, 6.45) is -4.63. The van der Waals surface area contributed by atoms with Gasteiger partial charge in [-0.05, 0) is 49.7 Å². The van der Waals surface area contributed by atoms with Gasteiger partial charge in [0.25, 0.3) is 5.91 Å². The van der Waals surface area contributed by atoms with Crippen molar-refractivity contribution >= 4 is 23.4 Å². The van der Waals surface area contributed by atoms with Crippen molar-refractivity contribution in [3.8, 4) is 6.07 Å². The minimum Gasteiger partial charge on any atom is -0.341 e. The van der Waals surface area contributed by atoms with E-state index in [1.807, 2.05) is 6.07 Å². The molecule has 210 valence electrons. The SMILES string of the molecule is CC(=O)C1=C(C)N(c2cccc(C(F)(F)F)c2)C(=O)N(C)C1c1ccc(C#N)cc1C(=O)N(C)CC1CNNC1. The van der Waals surface area contributed by atoms with Crippen molar-refractivity contribution in [1.82, 2.24) is 20.7 Å². The smallest absolute Gasteiger partial charge is 0.341 e. The van der Waals surface area contributed by atoms with Crippen molar-refractivity contribution < 1.29 is 27.6 Å². The van der Waals surface area contributed by atoms with Crippen LogP contribution >= 0.6 is 0 Å². The maximum absolute atomic E-state index is 13.7. The number of rotatable bonds is 6. The monoisotopic (exact) mass is 554 g/mol. The van der Waals surface area contributed by atoms with Gasteiger partial charge >= 0.3 is 12.2 Å². The molecule has 9 nitrogen and oxygen atoms in total. The van der Waals surface area contributed by atoms with Gasteiger partial charge in [-0.2, -0.15) is 18.4 Å². The van der Waals surface area contributed by atoms with E-state index in [2.05, 4.69) is 10.9 Å². The quantitative estimate of drug-likeness (QED) is 0.562. The third-order valence-electron chi connectivity index (χ3n) is 7.18. The molecule has 2 heterocycles. The summed E-state index contributed by atoms with van der Waals surface area (Å²) >= 11 is 0. The van der Waals surface area contributed by atoms with Crippen LogP contribution in [0.1, 0.15) is 46.9 Å². The number of likely N-dealkylation sites (N-methyl/N-ethyl adjacent to an activating group) is 1. The molecule has 0 radical (unpaired) electrons. The highest BCUT2D eigenvalue weighted by Gasteiger charge is 2.42. The van der Waals surface area contributed by atoms with E-state index >= 15 is 0 Å². The van der Waals surface area contributed by atoms with Crippen molar-refractivity contribution in [1.29, 1.82) is 5.26 Å². The summed E-state index contributed by atoms with van der Waals surface area (Å²) in [5.74, 6) is -0.648. The van der Waals surface area contributed by atoms with Gasteiger partial charge in [-0.3, -0.25) is 25.3 Å². The molecule has 1 atom stereocenters. The Balaban J connectivity index is 1.83. The number of amides is 3. The molecule has 1 fully saturated rings. The molecule has 2 N–H and O–H groups in total. The first-order chi connectivity index (χ1) is 18.8. The lowest BCUT2D eigenvalue weighted by molar-refractivity contribution is -0.137. The lowest BCUT2D eigenvalue weighted by atomic mass is 9.87.